The van der Waals surface area contributed by atoms with E-state index in [1.54, 1.807) is 11.8 Å². The second-order valence-corrected chi connectivity index (χ2v) is 3.79. The molecule has 1 aromatic carbocycles. The lowest BCUT2D eigenvalue weighted by Crippen LogP contribution is -1.99. The summed E-state index contributed by atoms with van der Waals surface area (Å²) in [5, 5.41) is 5.28. The van der Waals surface area contributed by atoms with E-state index in [4.69, 9.17) is 0 Å². The second-order valence-electron chi connectivity index (χ2n) is 2.80. The standard InChI is InChI=1S/C9H7N3S/c1-2-4-8-7(3-1)11-9-12(8)10-5-6-13-9/h1-5H,6H2. The highest BCUT2D eigenvalue weighted by Crippen LogP contribution is 2.25. The second kappa shape index (κ2) is 2.60. The molecule has 0 atom stereocenters. The largest absolute Gasteiger partial charge is 0.221 e. The van der Waals surface area contributed by atoms with Gasteiger partial charge < -0.3 is 0 Å². The van der Waals surface area contributed by atoms with Crippen LogP contribution in [0, 0.1) is 0 Å². The van der Waals surface area contributed by atoms with Gasteiger partial charge in [0, 0.05) is 12.0 Å². The van der Waals surface area contributed by atoms with Gasteiger partial charge in [-0.15, -0.1) is 0 Å². The van der Waals surface area contributed by atoms with Crippen molar-refractivity contribution in [2.24, 2.45) is 5.10 Å². The van der Waals surface area contributed by atoms with E-state index >= 15 is 0 Å². The number of para-hydroxylation sites is 2. The summed E-state index contributed by atoms with van der Waals surface area (Å²) in [7, 11) is 0. The zero-order valence-electron chi connectivity index (χ0n) is 6.84. The van der Waals surface area contributed by atoms with E-state index in [-0.39, 0.29) is 0 Å². The van der Waals surface area contributed by atoms with Crippen molar-refractivity contribution >= 4 is 29.0 Å². The van der Waals surface area contributed by atoms with Gasteiger partial charge in [-0.1, -0.05) is 23.9 Å². The Balaban J connectivity index is 2.42. The highest BCUT2D eigenvalue weighted by Gasteiger charge is 2.11. The molecule has 0 fully saturated rings. The average molecular weight is 189 g/mol. The Bertz CT molecular complexity index is 487. The molecule has 3 nitrogen and oxygen atoms in total. The minimum absolute atomic E-state index is 0.920. The Labute approximate surface area is 79.5 Å². The molecule has 4 heteroatoms. The number of benzene rings is 1. The van der Waals surface area contributed by atoms with Gasteiger partial charge in [0.1, 0.15) is 0 Å². The fourth-order valence-electron chi connectivity index (χ4n) is 1.42. The molecule has 0 radical (unpaired) electrons. The smallest absolute Gasteiger partial charge is 0.190 e. The Morgan fingerprint density at radius 1 is 1.31 bits per heavy atom. The van der Waals surface area contributed by atoms with Gasteiger partial charge in [0.15, 0.2) is 5.16 Å². The molecule has 3 rings (SSSR count). The number of aromatic nitrogens is 2. The van der Waals surface area contributed by atoms with Crippen LogP contribution >= 0.6 is 11.8 Å². The van der Waals surface area contributed by atoms with E-state index < -0.39 is 0 Å². The van der Waals surface area contributed by atoms with Crippen molar-refractivity contribution < 1.29 is 0 Å². The minimum atomic E-state index is 0.920. The monoisotopic (exact) mass is 189 g/mol. The lowest BCUT2D eigenvalue weighted by Gasteiger charge is -2.04. The minimum Gasteiger partial charge on any atom is -0.221 e. The van der Waals surface area contributed by atoms with Crippen molar-refractivity contribution in [1.82, 2.24) is 9.66 Å². The summed E-state index contributed by atoms with van der Waals surface area (Å²) in [6.45, 7) is 0. The van der Waals surface area contributed by atoms with E-state index in [9.17, 15) is 0 Å². The third kappa shape index (κ3) is 0.986. The van der Waals surface area contributed by atoms with Crippen LogP contribution in [0.1, 0.15) is 0 Å². The van der Waals surface area contributed by atoms with Crippen LogP contribution in [0.5, 0.6) is 0 Å². The van der Waals surface area contributed by atoms with Crippen molar-refractivity contribution in [1.29, 1.82) is 0 Å². The van der Waals surface area contributed by atoms with Crippen LogP contribution in [-0.4, -0.2) is 21.6 Å². The van der Waals surface area contributed by atoms with Crippen LogP contribution in [0.15, 0.2) is 34.5 Å². The summed E-state index contributed by atoms with van der Waals surface area (Å²) in [6.07, 6.45) is 1.91. The molecule has 0 saturated carbocycles. The van der Waals surface area contributed by atoms with Crippen LogP contribution in [0.3, 0.4) is 0 Å². The van der Waals surface area contributed by atoms with E-state index in [1.807, 2.05) is 35.2 Å². The molecule has 0 aliphatic carbocycles. The Morgan fingerprint density at radius 2 is 2.23 bits per heavy atom. The maximum Gasteiger partial charge on any atom is 0.190 e. The van der Waals surface area contributed by atoms with E-state index in [0.717, 1.165) is 21.9 Å². The Hall–Kier alpha value is -1.29. The van der Waals surface area contributed by atoms with Gasteiger partial charge >= 0.3 is 0 Å². The summed E-state index contributed by atoms with van der Waals surface area (Å²) in [5.41, 5.74) is 2.10. The third-order valence-corrected chi connectivity index (χ3v) is 2.83. The predicted molar refractivity (Wildman–Crippen MR) is 54.3 cm³/mol. The van der Waals surface area contributed by atoms with Crippen molar-refractivity contribution in [3.05, 3.63) is 24.3 Å². The SMILES string of the molecule is C1=Nn2c(nc3ccccc32)SC1. The molecule has 2 heterocycles. The first-order valence-corrected chi connectivity index (χ1v) is 5.07. The molecule has 13 heavy (non-hydrogen) atoms. The molecule has 0 unspecified atom stereocenters. The normalized spacial score (nSPS) is 14.8. The van der Waals surface area contributed by atoms with Crippen molar-refractivity contribution in [2.75, 3.05) is 5.75 Å². The molecule has 1 aliphatic rings. The Morgan fingerprint density at radius 3 is 3.23 bits per heavy atom. The number of hydrogen-bond acceptors (Lipinski definition) is 3. The zero-order chi connectivity index (χ0) is 8.67. The molecule has 0 spiro atoms. The van der Waals surface area contributed by atoms with E-state index in [0.29, 0.717) is 0 Å². The third-order valence-electron chi connectivity index (χ3n) is 1.99. The fourth-order valence-corrected chi connectivity index (χ4v) is 2.14. The molecule has 1 aromatic heterocycles. The molecule has 0 amide bonds. The van der Waals surface area contributed by atoms with Gasteiger partial charge in [0.25, 0.3) is 0 Å². The topological polar surface area (TPSA) is 30.2 Å². The van der Waals surface area contributed by atoms with Gasteiger partial charge in [-0.2, -0.15) is 5.10 Å². The number of rotatable bonds is 0. The first kappa shape index (κ1) is 7.15. The van der Waals surface area contributed by atoms with Crippen LogP contribution in [0.4, 0.5) is 0 Å². The van der Waals surface area contributed by atoms with Gasteiger partial charge in [0.05, 0.1) is 11.0 Å². The fraction of sp³-hybridized carbons (Fsp3) is 0.111. The Kier molecular flexibility index (Phi) is 1.43. The highest BCUT2D eigenvalue weighted by atomic mass is 32.2. The summed E-state index contributed by atoms with van der Waals surface area (Å²) in [6, 6.07) is 8.05. The van der Waals surface area contributed by atoms with Crippen LogP contribution < -0.4 is 0 Å². The van der Waals surface area contributed by atoms with Gasteiger partial charge in [-0.25, -0.2) is 9.66 Å². The van der Waals surface area contributed by atoms with Gasteiger partial charge in [-0.3, -0.25) is 0 Å². The van der Waals surface area contributed by atoms with Crippen LogP contribution in [0.2, 0.25) is 0 Å². The lowest BCUT2D eigenvalue weighted by atomic mass is 10.3. The first-order valence-electron chi connectivity index (χ1n) is 4.08. The number of thioether (sulfide) groups is 1. The quantitative estimate of drug-likeness (QED) is 0.634. The van der Waals surface area contributed by atoms with Gasteiger partial charge in [-0.05, 0) is 12.1 Å². The average Bonchev–Trinajstić information content (AvgIpc) is 2.56. The molecule has 64 valence electrons. The number of hydrogen-bond donors (Lipinski definition) is 0. The number of fused-ring (bicyclic) bond motifs is 3. The highest BCUT2D eigenvalue weighted by molar-refractivity contribution is 7.99. The molecular formula is C9H7N3S. The van der Waals surface area contributed by atoms with Crippen molar-refractivity contribution in [2.45, 2.75) is 5.16 Å². The zero-order valence-corrected chi connectivity index (χ0v) is 7.66. The molecule has 2 aromatic rings. The van der Waals surface area contributed by atoms with Crippen LogP contribution in [-0.2, 0) is 0 Å². The number of imidazole rings is 1. The maximum atomic E-state index is 4.47. The molecule has 1 aliphatic heterocycles. The summed E-state index contributed by atoms with van der Waals surface area (Å²) in [4.78, 5) is 4.47. The molecule has 0 bridgehead atoms. The lowest BCUT2D eigenvalue weighted by molar-refractivity contribution is 0.786. The first-order chi connectivity index (χ1) is 6.45. The number of nitrogens with zero attached hydrogens (tertiary/aromatic N) is 3. The predicted octanol–water partition coefficient (Wildman–Crippen LogP) is 1.98. The molecule has 0 N–H and O–H groups in total. The summed E-state index contributed by atoms with van der Waals surface area (Å²) >= 11 is 1.72. The van der Waals surface area contributed by atoms with Crippen molar-refractivity contribution in [3.63, 3.8) is 0 Å². The summed E-state index contributed by atoms with van der Waals surface area (Å²) < 4.78 is 1.89. The maximum absolute atomic E-state index is 4.47. The molecular weight excluding hydrogens is 182 g/mol. The summed E-state index contributed by atoms with van der Waals surface area (Å²) in [5.74, 6) is 0.920. The van der Waals surface area contributed by atoms with E-state index in [2.05, 4.69) is 10.1 Å². The van der Waals surface area contributed by atoms with Crippen LogP contribution in [0.25, 0.3) is 11.0 Å². The van der Waals surface area contributed by atoms with Gasteiger partial charge in [0.2, 0.25) is 0 Å². The van der Waals surface area contributed by atoms with Crippen molar-refractivity contribution in [3.8, 4) is 0 Å². The van der Waals surface area contributed by atoms with E-state index in [1.165, 1.54) is 0 Å². The molecule has 0 saturated heterocycles.